The van der Waals surface area contributed by atoms with Gasteiger partial charge in [0.1, 0.15) is 28.2 Å². The third-order valence-corrected chi connectivity index (χ3v) is 15.1. The number of hydrogen-bond donors (Lipinski definition) is 0. The number of rotatable bonds is 7. The van der Waals surface area contributed by atoms with Gasteiger partial charge < -0.3 is 8.98 Å². The molecule has 3 heteroatoms. The topological polar surface area (TPSA) is 18.1 Å². The first-order valence-corrected chi connectivity index (χ1v) is 23.6. The van der Waals surface area contributed by atoms with E-state index < -0.39 is 0 Å². The molecule has 0 saturated heterocycles. The maximum Gasteiger partial charge on any atom is 0.143 e. The van der Waals surface area contributed by atoms with Crippen LogP contribution in [0.5, 0.6) is 0 Å². The van der Waals surface area contributed by atoms with E-state index in [1.165, 1.54) is 89.4 Å². The first kappa shape index (κ1) is 39.4. The number of hydrogen-bond acceptors (Lipinski definition) is 1. The van der Waals surface area contributed by atoms with E-state index in [0.717, 1.165) is 45.9 Å². The molecule has 2 aromatic heterocycles. The van der Waals surface area contributed by atoms with Gasteiger partial charge >= 0.3 is 0 Å². The zero-order chi connectivity index (χ0) is 44.9. The highest BCUT2D eigenvalue weighted by Crippen LogP contribution is 2.53. The van der Waals surface area contributed by atoms with Gasteiger partial charge in [0, 0.05) is 80.5 Å². The van der Waals surface area contributed by atoms with Crippen LogP contribution in [-0.4, -0.2) is 11.6 Å². The van der Waals surface area contributed by atoms with E-state index in [2.05, 4.69) is 238 Å². The minimum atomic E-state index is -0.227. The number of benzene rings is 9. The van der Waals surface area contributed by atoms with E-state index in [-0.39, 0.29) is 5.41 Å². The summed E-state index contributed by atoms with van der Waals surface area (Å²) in [5, 5.41) is 3.61. The van der Waals surface area contributed by atoms with E-state index >= 15 is 0 Å². The Balaban J connectivity index is 0.914. The number of nitrogens with zero attached hydrogens (tertiary/aromatic N) is 2. The molecule has 0 radical (unpaired) electrons. The van der Waals surface area contributed by atoms with Gasteiger partial charge in [0.25, 0.3) is 0 Å². The van der Waals surface area contributed by atoms with Crippen LogP contribution in [0.2, 0.25) is 0 Å². The number of aromatic nitrogens is 1. The van der Waals surface area contributed by atoms with Crippen LogP contribution >= 0.6 is 0 Å². The van der Waals surface area contributed by atoms with E-state index in [9.17, 15) is 0 Å². The van der Waals surface area contributed by atoms with Crippen molar-refractivity contribution in [2.45, 2.75) is 32.1 Å². The Hall–Kier alpha value is -7.98. The molecule has 2 heterocycles. The molecule has 1 unspecified atom stereocenters. The van der Waals surface area contributed by atoms with Crippen LogP contribution in [0.25, 0.3) is 89.1 Å². The lowest BCUT2D eigenvalue weighted by atomic mass is 9.82. The minimum Gasteiger partial charge on any atom is -0.455 e. The van der Waals surface area contributed by atoms with Gasteiger partial charge in [-0.3, -0.25) is 0 Å². The average Bonchev–Trinajstić information content (AvgIpc) is 4.01. The molecule has 0 fully saturated rings. The summed E-state index contributed by atoms with van der Waals surface area (Å²) in [6, 6.07) is 76.0. The van der Waals surface area contributed by atoms with Crippen LogP contribution in [-0.2, 0) is 11.8 Å². The monoisotopic (exact) mass is 861 g/mol. The Morgan fingerprint density at radius 1 is 0.478 bits per heavy atom. The zero-order valence-electron chi connectivity index (χ0n) is 38.0. The SMILES string of the molecule is CC1(C)c2cc(-n3c4c(c5ccccc53)C=CCC4)ccc2-c2ccc([N+](C)(c3ccc(-c4ccc(-c5ccccc5)cc4)cc3)c3ccc(-c4cccc5c4oc4ccccc45)cc3)cc21. The lowest BCUT2D eigenvalue weighted by molar-refractivity contribution is 0.618. The van der Waals surface area contributed by atoms with Crippen molar-refractivity contribution in [2.75, 3.05) is 7.05 Å². The highest BCUT2D eigenvalue weighted by molar-refractivity contribution is 6.09. The molecule has 2 aliphatic carbocycles. The fourth-order valence-electron chi connectivity index (χ4n) is 11.4. The molecule has 0 saturated carbocycles. The van der Waals surface area contributed by atoms with Gasteiger partial charge in [-0.05, 0) is 118 Å². The number of furan rings is 1. The summed E-state index contributed by atoms with van der Waals surface area (Å²) in [5.74, 6) is 0. The van der Waals surface area contributed by atoms with Crippen molar-refractivity contribution in [1.29, 1.82) is 0 Å². The maximum absolute atomic E-state index is 6.50. The van der Waals surface area contributed by atoms with Gasteiger partial charge in [-0.25, -0.2) is 4.48 Å². The molecule has 1 atom stereocenters. The van der Waals surface area contributed by atoms with E-state index in [0.29, 0.717) is 4.48 Å². The van der Waals surface area contributed by atoms with Crippen molar-refractivity contribution in [3.8, 4) is 50.2 Å². The lowest BCUT2D eigenvalue weighted by Crippen LogP contribution is -2.34. The van der Waals surface area contributed by atoms with Crippen LogP contribution in [0.1, 0.15) is 42.7 Å². The Morgan fingerprint density at radius 3 is 1.78 bits per heavy atom. The van der Waals surface area contributed by atoms with Gasteiger partial charge in [-0.2, -0.15) is 0 Å². The minimum absolute atomic E-state index is 0.227. The van der Waals surface area contributed by atoms with Crippen LogP contribution in [0.4, 0.5) is 17.1 Å². The molecule has 3 nitrogen and oxygen atoms in total. The van der Waals surface area contributed by atoms with Crippen molar-refractivity contribution < 1.29 is 4.42 Å². The summed E-state index contributed by atoms with van der Waals surface area (Å²) in [4.78, 5) is 0. The highest BCUT2D eigenvalue weighted by Gasteiger charge is 2.40. The van der Waals surface area contributed by atoms with Gasteiger partial charge in [0.15, 0.2) is 0 Å². The zero-order valence-corrected chi connectivity index (χ0v) is 38.0. The molecule has 0 aliphatic heterocycles. The van der Waals surface area contributed by atoms with Crippen molar-refractivity contribution in [1.82, 2.24) is 9.05 Å². The smallest absolute Gasteiger partial charge is 0.143 e. The summed E-state index contributed by atoms with van der Waals surface area (Å²) >= 11 is 0. The quantitative estimate of drug-likeness (QED) is 0.146. The molecule has 13 rings (SSSR count). The van der Waals surface area contributed by atoms with Crippen molar-refractivity contribution in [2.24, 2.45) is 0 Å². The van der Waals surface area contributed by atoms with Crippen LogP contribution < -0.4 is 4.48 Å². The second-order valence-corrected chi connectivity index (χ2v) is 19.1. The second-order valence-electron chi connectivity index (χ2n) is 19.1. The summed E-state index contributed by atoms with van der Waals surface area (Å²) in [6.45, 7) is 4.82. The third kappa shape index (κ3) is 6.08. The standard InChI is InChI=1S/C64H49N2O/c1-64(2)58-40-47(65-60-21-10-7-16-54(60)55-17-8-11-22-61(55)65)32-38-52(58)53-39-37-50(41-59(53)64)66(3,48-33-28-45(29-34-48)44-26-24-43(25-27-44)42-14-5-4-6-15-42)49-35-30-46(31-36-49)51-19-13-20-57-56-18-9-12-23-62(56)67-63(51)57/h4-10,12-21,23-41H,11,22H2,1-3H3/q+1. The predicted octanol–water partition coefficient (Wildman–Crippen LogP) is 17.4. The Morgan fingerprint density at radius 2 is 1.04 bits per heavy atom. The highest BCUT2D eigenvalue weighted by atomic mass is 16.3. The molecular formula is C64H49N2O+. The van der Waals surface area contributed by atoms with Crippen LogP contribution in [0, 0.1) is 0 Å². The summed E-state index contributed by atoms with van der Waals surface area (Å²) < 4.78 is 9.51. The molecule has 0 bridgehead atoms. The van der Waals surface area contributed by atoms with Gasteiger partial charge in [-0.1, -0.05) is 141 Å². The summed E-state index contributed by atoms with van der Waals surface area (Å²) in [6.07, 6.45) is 6.75. The largest absolute Gasteiger partial charge is 0.455 e. The van der Waals surface area contributed by atoms with Crippen molar-refractivity contribution in [3.05, 3.63) is 235 Å². The summed E-state index contributed by atoms with van der Waals surface area (Å²) in [7, 11) is 2.35. The fraction of sp³-hybridized carbons (Fsp3) is 0.0938. The molecule has 0 N–H and O–H groups in total. The molecule has 11 aromatic rings. The molecular weight excluding hydrogens is 813 g/mol. The summed E-state index contributed by atoms with van der Waals surface area (Å²) in [5.41, 5.74) is 22.9. The van der Waals surface area contributed by atoms with E-state index in [1.807, 2.05) is 6.07 Å². The number of quaternary nitrogens is 1. The molecule has 0 spiro atoms. The predicted molar refractivity (Wildman–Crippen MR) is 282 cm³/mol. The lowest BCUT2D eigenvalue weighted by Gasteiger charge is -2.34. The van der Waals surface area contributed by atoms with Gasteiger partial charge in [0.05, 0.1) is 12.6 Å². The van der Waals surface area contributed by atoms with Crippen LogP contribution in [0.15, 0.2) is 217 Å². The molecule has 67 heavy (non-hydrogen) atoms. The number of para-hydroxylation sites is 3. The van der Waals surface area contributed by atoms with Gasteiger partial charge in [-0.15, -0.1) is 0 Å². The van der Waals surface area contributed by atoms with E-state index in [1.54, 1.807) is 0 Å². The number of allylic oxidation sites excluding steroid dienone is 1. The van der Waals surface area contributed by atoms with Gasteiger partial charge in [0.2, 0.25) is 0 Å². The average molecular weight is 862 g/mol. The van der Waals surface area contributed by atoms with Crippen molar-refractivity contribution >= 4 is 56.0 Å². The maximum atomic E-state index is 6.50. The Labute approximate surface area is 391 Å². The van der Waals surface area contributed by atoms with Crippen molar-refractivity contribution in [3.63, 3.8) is 0 Å². The molecule has 9 aromatic carbocycles. The van der Waals surface area contributed by atoms with E-state index in [4.69, 9.17) is 4.42 Å². The molecule has 2 aliphatic rings. The molecule has 0 amide bonds. The normalized spacial score (nSPS) is 14.6. The number of fused-ring (bicyclic) bond motifs is 9. The first-order chi connectivity index (χ1) is 32.8. The Bertz CT molecular complexity index is 3750. The molecule has 320 valence electrons. The fourth-order valence-corrected chi connectivity index (χ4v) is 11.4. The van der Waals surface area contributed by atoms with Crippen LogP contribution in [0.3, 0.4) is 0 Å². The third-order valence-electron chi connectivity index (χ3n) is 15.1. The first-order valence-electron chi connectivity index (χ1n) is 23.6. The Kier molecular flexibility index (Phi) is 8.84. The second kappa shape index (κ2) is 15.0.